The Labute approximate surface area is 156 Å². The standard InChI is InChI=1S/C20H31N3O3/c1-25-18-9-7-16(8-10-18)19(23-11-13-26-14-12-23)15-21-20(24)22-17-5-3-2-4-6-17/h7-10,17,19H,2-6,11-15H2,1H3,(H2,21,22,24)/t19-/m1/s1. The third-order valence-electron chi connectivity index (χ3n) is 5.38. The number of amides is 2. The lowest BCUT2D eigenvalue weighted by atomic mass is 9.96. The lowest BCUT2D eigenvalue weighted by Gasteiger charge is -2.35. The quantitative estimate of drug-likeness (QED) is 0.818. The van der Waals surface area contributed by atoms with E-state index in [1.54, 1.807) is 7.11 Å². The summed E-state index contributed by atoms with van der Waals surface area (Å²) in [5, 5.41) is 6.22. The van der Waals surface area contributed by atoms with E-state index in [1.807, 2.05) is 12.1 Å². The fourth-order valence-corrected chi connectivity index (χ4v) is 3.85. The van der Waals surface area contributed by atoms with Gasteiger partial charge < -0.3 is 20.1 Å². The molecule has 0 bridgehead atoms. The van der Waals surface area contributed by atoms with Gasteiger partial charge in [0.1, 0.15) is 5.75 Å². The van der Waals surface area contributed by atoms with Crippen LogP contribution in [0.25, 0.3) is 0 Å². The van der Waals surface area contributed by atoms with Crippen LogP contribution in [0.4, 0.5) is 4.79 Å². The lowest BCUT2D eigenvalue weighted by molar-refractivity contribution is 0.0166. The maximum atomic E-state index is 12.3. The molecule has 6 nitrogen and oxygen atoms in total. The summed E-state index contributed by atoms with van der Waals surface area (Å²) in [6, 6.07) is 8.53. The molecule has 2 fully saturated rings. The number of benzene rings is 1. The Balaban J connectivity index is 1.59. The molecule has 144 valence electrons. The minimum absolute atomic E-state index is 0.0522. The van der Waals surface area contributed by atoms with E-state index in [2.05, 4.69) is 27.7 Å². The topological polar surface area (TPSA) is 62.8 Å². The van der Waals surface area contributed by atoms with Crippen molar-refractivity contribution in [3.63, 3.8) is 0 Å². The molecule has 3 rings (SSSR count). The smallest absolute Gasteiger partial charge is 0.315 e. The molecule has 0 radical (unpaired) electrons. The highest BCUT2D eigenvalue weighted by molar-refractivity contribution is 5.74. The molecule has 1 aliphatic heterocycles. The monoisotopic (exact) mass is 361 g/mol. The Morgan fingerprint density at radius 3 is 2.54 bits per heavy atom. The number of hydrogen-bond acceptors (Lipinski definition) is 4. The SMILES string of the molecule is COc1ccc([C@@H](CNC(=O)NC2CCCCC2)N2CCOCC2)cc1. The van der Waals surface area contributed by atoms with Crippen molar-refractivity contribution in [1.82, 2.24) is 15.5 Å². The summed E-state index contributed by atoms with van der Waals surface area (Å²) in [5.41, 5.74) is 1.19. The van der Waals surface area contributed by atoms with Crippen LogP contribution in [0.3, 0.4) is 0 Å². The van der Waals surface area contributed by atoms with E-state index in [0.717, 1.165) is 44.9 Å². The minimum atomic E-state index is -0.0522. The molecule has 1 heterocycles. The maximum Gasteiger partial charge on any atom is 0.315 e. The van der Waals surface area contributed by atoms with Gasteiger partial charge in [0.2, 0.25) is 0 Å². The highest BCUT2D eigenvalue weighted by atomic mass is 16.5. The third-order valence-corrected chi connectivity index (χ3v) is 5.38. The summed E-state index contributed by atoms with van der Waals surface area (Å²) in [4.78, 5) is 14.7. The summed E-state index contributed by atoms with van der Waals surface area (Å²) in [5.74, 6) is 0.845. The van der Waals surface area contributed by atoms with Crippen molar-refractivity contribution in [3.05, 3.63) is 29.8 Å². The first-order valence-corrected chi connectivity index (χ1v) is 9.76. The largest absolute Gasteiger partial charge is 0.497 e. The third kappa shape index (κ3) is 5.35. The zero-order valence-corrected chi connectivity index (χ0v) is 15.7. The Hall–Kier alpha value is -1.79. The zero-order valence-electron chi connectivity index (χ0n) is 15.7. The minimum Gasteiger partial charge on any atom is -0.497 e. The van der Waals surface area contributed by atoms with E-state index < -0.39 is 0 Å². The van der Waals surface area contributed by atoms with Crippen molar-refractivity contribution in [3.8, 4) is 5.75 Å². The second-order valence-electron chi connectivity index (χ2n) is 7.13. The zero-order chi connectivity index (χ0) is 18.2. The van der Waals surface area contributed by atoms with Crippen LogP contribution in [-0.4, -0.2) is 56.9 Å². The van der Waals surface area contributed by atoms with E-state index >= 15 is 0 Å². The molecular weight excluding hydrogens is 330 g/mol. The van der Waals surface area contributed by atoms with Gasteiger partial charge in [0.05, 0.1) is 26.4 Å². The summed E-state index contributed by atoms with van der Waals surface area (Å²) in [7, 11) is 1.67. The number of hydrogen-bond donors (Lipinski definition) is 2. The Kier molecular flexibility index (Phi) is 7.14. The normalized spacial score (nSPS) is 20.3. The Morgan fingerprint density at radius 1 is 1.19 bits per heavy atom. The van der Waals surface area contributed by atoms with Crippen LogP contribution in [0.2, 0.25) is 0 Å². The number of carbonyl (C=O) groups excluding carboxylic acids is 1. The highest BCUT2D eigenvalue weighted by Gasteiger charge is 2.24. The molecule has 1 saturated carbocycles. The van der Waals surface area contributed by atoms with Gasteiger partial charge in [-0.25, -0.2) is 4.79 Å². The van der Waals surface area contributed by atoms with Crippen molar-refractivity contribution in [2.75, 3.05) is 40.0 Å². The molecule has 1 saturated heterocycles. The van der Waals surface area contributed by atoms with Crippen molar-refractivity contribution in [2.45, 2.75) is 44.2 Å². The van der Waals surface area contributed by atoms with Crippen LogP contribution in [0.1, 0.15) is 43.7 Å². The molecule has 0 aromatic heterocycles. The van der Waals surface area contributed by atoms with Crippen molar-refractivity contribution in [2.24, 2.45) is 0 Å². The molecule has 2 amide bonds. The van der Waals surface area contributed by atoms with Gasteiger partial charge in [-0.15, -0.1) is 0 Å². The predicted octanol–water partition coefficient (Wildman–Crippen LogP) is 2.70. The number of rotatable bonds is 6. The molecule has 0 spiro atoms. The molecule has 6 heteroatoms. The summed E-state index contributed by atoms with van der Waals surface area (Å²) in [6.45, 7) is 3.82. The van der Waals surface area contributed by atoms with Gasteiger partial charge in [-0.2, -0.15) is 0 Å². The second kappa shape index (κ2) is 9.78. The molecular formula is C20H31N3O3. The number of carbonyl (C=O) groups is 1. The van der Waals surface area contributed by atoms with Crippen LogP contribution in [-0.2, 0) is 4.74 Å². The average Bonchev–Trinajstić information content (AvgIpc) is 2.70. The van der Waals surface area contributed by atoms with Crippen LogP contribution in [0, 0.1) is 0 Å². The molecule has 1 aliphatic carbocycles. The molecule has 2 N–H and O–H groups in total. The van der Waals surface area contributed by atoms with Gasteiger partial charge >= 0.3 is 6.03 Å². The summed E-state index contributed by atoms with van der Waals surface area (Å²) < 4.78 is 10.8. The maximum absolute atomic E-state index is 12.3. The van der Waals surface area contributed by atoms with E-state index in [0.29, 0.717) is 12.6 Å². The van der Waals surface area contributed by atoms with Gasteiger partial charge in [-0.1, -0.05) is 31.4 Å². The molecule has 1 atom stereocenters. The Bertz CT molecular complexity index is 552. The van der Waals surface area contributed by atoms with Crippen molar-refractivity contribution >= 4 is 6.03 Å². The highest BCUT2D eigenvalue weighted by Crippen LogP contribution is 2.24. The first-order valence-electron chi connectivity index (χ1n) is 9.76. The first kappa shape index (κ1) is 19.0. The van der Waals surface area contributed by atoms with Crippen molar-refractivity contribution < 1.29 is 14.3 Å². The van der Waals surface area contributed by atoms with Gasteiger partial charge in [-0.3, -0.25) is 4.90 Å². The van der Waals surface area contributed by atoms with Crippen molar-refractivity contribution in [1.29, 1.82) is 0 Å². The summed E-state index contributed by atoms with van der Waals surface area (Å²) in [6.07, 6.45) is 5.91. The molecule has 2 aliphatic rings. The van der Waals surface area contributed by atoms with Crippen LogP contribution >= 0.6 is 0 Å². The van der Waals surface area contributed by atoms with E-state index in [9.17, 15) is 4.79 Å². The van der Waals surface area contributed by atoms with Gasteiger partial charge in [0, 0.05) is 25.7 Å². The van der Waals surface area contributed by atoms with Crippen LogP contribution in [0.15, 0.2) is 24.3 Å². The molecule has 1 aromatic carbocycles. The average molecular weight is 361 g/mol. The number of methoxy groups -OCH3 is 1. The number of ether oxygens (including phenoxy) is 2. The fraction of sp³-hybridized carbons (Fsp3) is 0.650. The van der Waals surface area contributed by atoms with Gasteiger partial charge in [-0.05, 0) is 30.5 Å². The van der Waals surface area contributed by atoms with E-state index in [-0.39, 0.29) is 12.1 Å². The van der Waals surface area contributed by atoms with Crippen LogP contribution in [0.5, 0.6) is 5.75 Å². The van der Waals surface area contributed by atoms with E-state index in [4.69, 9.17) is 9.47 Å². The molecule has 26 heavy (non-hydrogen) atoms. The lowest BCUT2D eigenvalue weighted by Crippen LogP contribution is -2.47. The second-order valence-corrected chi connectivity index (χ2v) is 7.13. The Morgan fingerprint density at radius 2 is 1.88 bits per heavy atom. The van der Waals surface area contributed by atoms with Gasteiger partial charge in [0.15, 0.2) is 0 Å². The summed E-state index contributed by atoms with van der Waals surface area (Å²) >= 11 is 0. The molecule has 1 aromatic rings. The molecule has 0 unspecified atom stereocenters. The number of morpholine rings is 1. The van der Waals surface area contributed by atoms with Crippen LogP contribution < -0.4 is 15.4 Å². The number of nitrogens with one attached hydrogen (secondary N) is 2. The fourth-order valence-electron chi connectivity index (χ4n) is 3.85. The van der Waals surface area contributed by atoms with E-state index in [1.165, 1.54) is 24.8 Å². The first-order chi connectivity index (χ1) is 12.8. The number of nitrogens with zero attached hydrogens (tertiary/aromatic N) is 1. The number of urea groups is 1. The van der Waals surface area contributed by atoms with Gasteiger partial charge in [0.25, 0.3) is 0 Å². The predicted molar refractivity (Wildman–Crippen MR) is 102 cm³/mol.